The van der Waals surface area contributed by atoms with Gasteiger partial charge in [-0.05, 0) is 28.8 Å². The lowest BCUT2D eigenvalue weighted by atomic mass is 10.3. The topological polar surface area (TPSA) is 80.5 Å². The van der Waals surface area contributed by atoms with Crippen LogP contribution in [-0.2, 0) is 10.0 Å². The van der Waals surface area contributed by atoms with Gasteiger partial charge in [0, 0.05) is 18.2 Å². The predicted octanol–water partition coefficient (Wildman–Crippen LogP) is 4.95. The van der Waals surface area contributed by atoms with Crippen molar-refractivity contribution in [2.45, 2.75) is 63.1 Å². The third-order valence-electron chi connectivity index (χ3n) is 5.19. The summed E-state index contributed by atoms with van der Waals surface area (Å²) in [4.78, 5) is 10.2. The number of nitro benzene ring substituents is 1. The smallest absolute Gasteiger partial charge is 0.258 e. The summed E-state index contributed by atoms with van der Waals surface area (Å²) in [6.45, 7) is 16.6. The number of sulfonamides is 1. The Balaban J connectivity index is 3.47. The molecular weight excluding hydrogens is 392 g/mol. The zero-order chi connectivity index (χ0) is 21.7. The maximum Gasteiger partial charge on any atom is 0.271 e. The van der Waals surface area contributed by atoms with Crippen molar-refractivity contribution in [2.24, 2.45) is 0 Å². The van der Waals surface area contributed by atoms with Gasteiger partial charge in [-0.15, -0.1) is 12.1 Å². The second kappa shape index (κ2) is 9.39. The summed E-state index contributed by atoms with van der Waals surface area (Å²) in [5, 5.41) is 10.8. The van der Waals surface area contributed by atoms with Crippen LogP contribution in [0.25, 0.3) is 0 Å². The van der Waals surface area contributed by atoms with E-state index in [4.69, 9.17) is 0 Å². The molecule has 0 heterocycles. The van der Waals surface area contributed by atoms with E-state index in [2.05, 4.69) is 59.7 Å². The van der Waals surface area contributed by atoms with Crippen molar-refractivity contribution in [1.29, 1.82) is 0 Å². The van der Waals surface area contributed by atoms with Crippen molar-refractivity contribution in [1.82, 2.24) is 4.31 Å². The highest BCUT2D eigenvalue weighted by molar-refractivity contribution is 7.89. The molecule has 6 nitrogen and oxygen atoms in total. The average molecular weight is 423 g/mol. The molecule has 0 bridgehead atoms. The second-order valence-corrected chi connectivity index (χ2v) is 15.2. The molecule has 28 heavy (non-hydrogen) atoms. The number of hydrogen-bond acceptors (Lipinski definition) is 4. The minimum absolute atomic E-state index is 0.0276. The Kier molecular flexibility index (Phi) is 8.02. The molecule has 0 aromatic heterocycles. The van der Waals surface area contributed by atoms with Gasteiger partial charge in [0.05, 0.1) is 16.4 Å². The van der Waals surface area contributed by atoms with Crippen LogP contribution in [-0.4, -0.2) is 32.3 Å². The van der Waals surface area contributed by atoms with Gasteiger partial charge in [0.25, 0.3) is 15.7 Å². The highest BCUT2D eigenvalue weighted by Crippen LogP contribution is 2.40. The van der Waals surface area contributed by atoms with Crippen LogP contribution in [0.3, 0.4) is 0 Å². The summed E-state index contributed by atoms with van der Waals surface area (Å²) in [7, 11) is -6.03. The summed E-state index contributed by atoms with van der Waals surface area (Å²) < 4.78 is 27.2. The molecule has 0 saturated heterocycles. The van der Waals surface area contributed by atoms with Crippen molar-refractivity contribution < 1.29 is 13.3 Å². The lowest BCUT2D eigenvalue weighted by molar-refractivity contribution is -0.384. The van der Waals surface area contributed by atoms with Crippen LogP contribution in [0, 0.1) is 21.7 Å². The molecule has 0 aliphatic rings. The number of nitro groups is 1. The zero-order valence-corrected chi connectivity index (χ0v) is 19.3. The largest absolute Gasteiger partial charge is 0.271 e. The lowest BCUT2D eigenvalue weighted by Gasteiger charge is -2.38. The van der Waals surface area contributed by atoms with E-state index in [1.54, 1.807) is 0 Å². The predicted molar refractivity (Wildman–Crippen MR) is 116 cm³/mol. The van der Waals surface area contributed by atoms with Gasteiger partial charge >= 0.3 is 0 Å². The second-order valence-electron chi connectivity index (χ2n) is 7.71. The Morgan fingerprint density at radius 3 is 1.93 bits per heavy atom. The lowest BCUT2D eigenvalue weighted by Crippen LogP contribution is -2.44. The van der Waals surface area contributed by atoms with Crippen LogP contribution in [0.15, 0.2) is 41.8 Å². The van der Waals surface area contributed by atoms with Gasteiger partial charge in [-0.1, -0.05) is 47.6 Å². The fraction of sp³-hybridized carbons (Fsp3) is 0.500. The first-order valence-electron chi connectivity index (χ1n) is 9.32. The molecule has 0 radical (unpaired) electrons. The van der Waals surface area contributed by atoms with Crippen LogP contribution >= 0.6 is 0 Å². The minimum atomic E-state index is -3.92. The molecule has 1 aromatic carbocycles. The molecule has 0 aliphatic heterocycles. The molecule has 0 unspecified atom stereocenters. The van der Waals surface area contributed by atoms with Gasteiger partial charge in [-0.25, -0.2) is 12.7 Å². The van der Waals surface area contributed by atoms with Gasteiger partial charge in [0.15, 0.2) is 0 Å². The van der Waals surface area contributed by atoms with E-state index in [0.29, 0.717) is 16.6 Å². The molecule has 1 aromatic rings. The number of non-ortho nitro benzene ring substituents is 1. The maximum atomic E-state index is 13.1. The highest BCUT2D eigenvalue weighted by Gasteiger charge is 2.42. The first-order chi connectivity index (χ1) is 12.9. The molecule has 0 spiro atoms. The minimum Gasteiger partial charge on any atom is -0.258 e. The zero-order valence-electron chi connectivity index (χ0n) is 17.5. The van der Waals surface area contributed by atoms with Crippen molar-refractivity contribution in [3.63, 3.8) is 0 Å². The molecule has 0 aliphatic carbocycles. The summed E-state index contributed by atoms with van der Waals surface area (Å²) in [5.74, 6) is 0. The molecule has 0 amide bonds. The highest BCUT2D eigenvalue weighted by atomic mass is 32.2. The summed E-state index contributed by atoms with van der Waals surface area (Å²) >= 11 is 0. The van der Waals surface area contributed by atoms with Gasteiger partial charge in [-0.3, -0.25) is 10.1 Å². The van der Waals surface area contributed by atoms with Crippen LogP contribution in [0.5, 0.6) is 0 Å². The molecule has 1 rings (SSSR count). The van der Waals surface area contributed by atoms with Crippen LogP contribution in [0.1, 0.15) is 41.5 Å². The van der Waals surface area contributed by atoms with Crippen molar-refractivity contribution >= 4 is 23.8 Å². The maximum absolute atomic E-state index is 13.1. The van der Waals surface area contributed by atoms with Crippen molar-refractivity contribution in [2.75, 3.05) is 6.54 Å². The normalized spacial score (nSPS) is 12.0. The van der Waals surface area contributed by atoms with E-state index < -0.39 is 23.0 Å². The van der Waals surface area contributed by atoms with Crippen molar-refractivity contribution in [3.8, 4) is 11.6 Å². The molecular formula is C20H30N2O4SSi. The quantitative estimate of drug-likeness (QED) is 0.148. The fourth-order valence-electron chi connectivity index (χ4n) is 3.78. The SMILES string of the molecule is C=CCN(C#C[Si](C(C)C)(C(C)C)C(C)C)S(=O)(=O)c1ccc([N+](=O)[O-])cc1. The van der Waals surface area contributed by atoms with E-state index in [1.165, 1.54) is 30.3 Å². The van der Waals surface area contributed by atoms with E-state index in [9.17, 15) is 18.5 Å². The summed E-state index contributed by atoms with van der Waals surface area (Å²) in [6.07, 6.45) is 1.49. The monoisotopic (exact) mass is 422 g/mol. The summed E-state index contributed by atoms with van der Waals surface area (Å²) in [5.41, 5.74) is 4.35. The van der Waals surface area contributed by atoms with Crippen LogP contribution in [0.4, 0.5) is 5.69 Å². The Hall–Kier alpha value is -2.11. The van der Waals surface area contributed by atoms with Gasteiger partial charge < -0.3 is 0 Å². The first-order valence-corrected chi connectivity index (χ1v) is 13.0. The molecule has 0 N–H and O–H groups in total. The standard InChI is InChI=1S/C20H30N2O4SSi/c1-8-13-21(14-15-28(16(2)3,17(4)5)18(6)7)27(25,26)20-11-9-19(10-12-20)22(23)24/h8-12,16-18H,1,13H2,2-7H3. The number of hydrogen-bond donors (Lipinski definition) is 0. The van der Waals surface area contributed by atoms with E-state index in [1.807, 2.05) is 0 Å². The van der Waals surface area contributed by atoms with E-state index in [-0.39, 0.29) is 17.1 Å². The third kappa shape index (κ3) is 4.83. The number of nitrogens with zero attached hydrogens (tertiary/aromatic N) is 2. The summed E-state index contributed by atoms with van der Waals surface area (Å²) in [6, 6.07) is 7.78. The molecule has 0 fully saturated rings. The average Bonchev–Trinajstić information content (AvgIpc) is 2.60. The number of rotatable bonds is 8. The van der Waals surface area contributed by atoms with Crippen LogP contribution in [0.2, 0.25) is 16.6 Å². The third-order valence-corrected chi connectivity index (χ3v) is 13.2. The van der Waals surface area contributed by atoms with Gasteiger partial charge in [0.1, 0.15) is 8.07 Å². The molecule has 8 heteroatoms. The molecule has 0 atom stereocenters. The van der Waals surface area contributed by atoms with Gasteiger partial charge in [-0.2, -0.15) is 0 Å². The van der Waals surface area contributed by atoms with E-state index >= 15 is 0 Å². The molecule has 0 saturated carbocycles. The van der Waals surface area contributed by atoms with Crippen molar-refractivity contribution in [3.05, 3.63) is 47.0 Å². The Morgan fingerprint density at radius 2 is 1.57 bits per heavy atom. The Labute approximate surface area is 169 Å². The van der Waals surface area contributed by atoms with Gasteiger partial charge in [0.2, 0.25) is 0 Å². The first kappa shape index (κ1) is 23.9. The van der Waals surface area contributed by atoms with Crippen LogP contribution < -0.4 is 0 Å². The Morgan fingerprint density at radius 1 is 1.11 bits per heavy atom. The number of benzene rings is 1. The Bertz CT molecular complexity index is 844. The van der Waals surface area contributed by atoms with E-state index in [0.717, 1.165) is 4.31 Å². The fourth-order valence-corrected chi connectivity index (χ4v) is 10.3. The molecule has 154 valence electrons.